The summed E-state index contributed by atoms with van der Waals surface area (Å²) in [4.78, 5) is 36.8. The number of carbonyl (C=O) groups is 3. The zero-order valence-corrected chi connectivity index (χ0v) is 13.8. The summed E-state index contributed by atoms with van der Waals surface area (Å²) in [5, 5.41) is 2.86. The average molecular weight is 339 g/mol. The molecule has 0 spiro atoms. The smallest absolute Gasteiger partial charge is 0.289 e. The molecule has 1 aliphatic rings. The number of hydrogen-bond acceptors (Lipinski definition) is 4. The molecule has 0 radical (unpaired) electrons. The number of halogens is 1. The molecule has 1 unspecified atom stereocenters. The van der Waals surface area contributed by atoms with Gasteiger partial charge in [-0.2, -0.15) is 0 Å². The van der Waals surface area contributed by atoms with Gasteiger partial charge in [-0.05, 0) is 37.8 Å². The van der Waals surface area contributed by atoms with Crippen molar-refractivity contribution in [3.8, 4) is 5.75 Å². The Kier molecular flexibility index (Phi) is 5.60. The minimum absolute atomic E-state index is 0.259. The second kappa shape index (κ2) is 7.46. The first kappa shape index (κ1) is 17.3. The van der Waals surface area contributed by atoms with E-state index in [1.165, 1.54) is 14.0 Å². The number of para-hydroxylation sites is 1. The summed E-state index contributed by atoms with van der Waals surface area (Å²) in [6.07, 6.45) is 2.61. The molecule has 2 rings (SSSR count). The minimum atomic E-state index is -0.986. The van der Waals surface area contributed by atoms with E-state index >= 15 is 0 Å². The maximum atomic E-state index is 12.3. The summed E-state index contributed by atoms with van der Waals surface area (Å²) in [7, 11) is 1.44. The van der Waals surface area contributed by atoms with Crippen LogP contribution >= 0.6 is 11.6 Å². The lowest BCUT2D eigenvalue weighted by atomic mass is 10.1. The SMILES string of the molecule is COc1cccc(Cl)c1N(C=O)C(C)C(=O)C(=O)NCC1CC1. The normalized spacial score (nSPS) is 14.7. The largest absolute Gasteiger partial charge is 0.495 e. The Morgan fingerprint density at radius 2 is 2.17 bits per heavy atom. The third-order valence-electron chi connectivity index (χ3n) is 3.81. The highest BCUT2D eigenvalue weighted by atomic mass is 35.5. The predicted octanol–water partition coefficient (Wildman–Crippen LogP) is 1.80. The van der Waals surface area contributed by atoms with Gasteiger partial charge in [-0.3, -0.25) is 19.3 Å². The molecule has 0 bridgehead atoms. The molecule has 1 aromatic carbocycles. The number of carbonyl (C=O) groups excluding carboxylic acids is 3. The van der Waals surface area contributed by atoms with E-state index in [1.807, 2.05) is 0 Å². The fraction of sp³-hybridized carbons (Fsp3) is 0.438. The zero-order valence-electron chi connectivity index (χ0n) is 13.0. The number of anilines is 1. The third-order valence-corrected chi connectivity index (χ3v) is 4.12. The quantitative estimate of drug-likeness (QED) is 0.579. The van der Waals surface area contributed by atoms with E-state index in [2.05, 4.69) is 5.32 Å². The zero-order chi connectivity index (χ0) is 17.0. The highest BCUT2D eigenvalue weighted by Crippen LogP contribution is 2.36. The van der Waals surface area contributed by atoms with Crippen molar-refractivity contribution in [3.05, 3.63) is 23.2 Å². The molecule has 0 saturated heterocycles. The van der Waals surface area contributed by atoms with Gasteiger partial charge >= 0.3 is 0 Å². The Bertz CT molecular complexity index is 616. The minimum Gasteiger partial charge on any atom is -0.495 e. The average Bonchev–Trinajstić information content (AvgIpc) is 3.38. The van der Waals surface area contributed by atoms with Gasteiger partial charge in [-0.15, -0.1) is 0 Å². The molecule has 124 valence electrons. The van der Waals surface area contributed by atoms with Gasteiger partial charge in [0.15, 0.2) is 0 Å². The van der Waals surface area contributed by atoms with Crippen LogP contribution in [0.3, 0.4) is 0 Å². The monoisotopic (exact) mass is 338 g/mol. The molecule has 0 heterocycles. The summed E-state index contributed by atoms with van der Waals surface area (Å²) >= 11 is 6.13. The fourth-order valence-corrected chi connectivity index (χ4v) is 2.47. The van der Waals surface area contributed by atoms with Gasteiger partial charge in [-0.25, -0.2) is 0 Å². The van der Waals surface area contributed by atoms with E-state index < -0.39 is 17.7 Å². The van der Waals surface area contributed by atoms with Gasteiger partial charge in [-0.1, -0.05) is 17.7 Å². The van der Waals surface area contributed by atoms with Crippen molar-refractivity contribution in [1.82, 2.24) is 5.32 Å². The molecule has 1 aromatic rings. The number of benzene rings is 1. The molecule has 1 fully saturated rings. The van der Waals surface area contributed by atoms with Gasteiger partial charge in [0.1, 0.15) is 17.5 Å². The number of nitrogens with zero attached hydrogens (tertiary/aromatic N) is 1. The Hall–Kier alpha value is -2.08. The Labute approximate surface area is 139 Å². The van der Waals surface area contributed by atoms with E-state index in [4.69, 9.17) is 16.3 Å². The van der Waals surface area contributed by atoms with E-state index in [1.54, 1.807) is 18.2 Å². The Balaban J connectivity index is 2.17. The highest BCUT2D eigenvalue weighted by Gasteiger charge is 2.31. The van der Waals surface area contributed by atoms with Crippen molar-refractivity contribution < 1.29 is 19.1 Å². The lowest BCUT2D eigenvalue weighted by molar-refractivity contribution is -0.138. The first-order valence-corrected chi connectivity index (χ1v) is 7.75. The number of ketones is 1. The molecular weight excluding hydrogens is 320 g/mol. The Morgan fingerprint density at radius 3 is 2.74 bits per heavy atom. The molecule has 1 aliphatic carbocycles. The molecule has 1 atom stereocenters. The lowest BCUT2D eigenvalue weighted by Gasteiger charge is -2.26. The summed E-state index contributed by atoms with van der Waals surface area (Å²) < 4.78 is 5.19. The van der Waals surface area contributed by atoms with Crippen LogP contribution in [0.4, 0.5) is 5.69 Å². The third kappa shape index (κ3) is 4.01. The van der Waals surface area contributed by atoms with Crippen LogP contribution in [0, 0.1) is 5.92 Å². The van der Waals surface area contributed by atoms with Gasteiger partial charge in [0.25, 0.3) is 5.91 Å². The van der Waals surface area contributed by atoms with Crippen molar-refractivity contribution in [2.75, 3.05) is 18.6 Å². The van der Waals surface area contributed by atoms with E-state index in [-0.39, 0.29) is 10.7 Å². The highest BCUT2D eigenvalue weighted by molar-refractivity contribution is 6.39. The summed E-state index contributed by atoms with van der Waals surface area (Å²) in [6, 6.07) is 3.89. The van der Waals surface area contributed by atoms with Crippen LogP contribution in [0.1, 0.15) is 19.8 Å². The van der Waals surface area contributed by atoms with Crippen LogP contribution in [0.5, 0.6) is 5.75 Å². The van der Waals surface area contributed by atoms with Crippen LogP contribution in [-0.2, 0) is 14.4 Å². The molecule has 0 aliphatic heterocycles. The van der Waals surface area contributed by atoms with Gasteiger partial charge < -0.3 is 10.1 Å². The van der Waals surface area contributed by atoms with Crippen LogP contribution in [0.15, 0.2) is 18.2 Å². The standard InChI is InChI=1S/C16H19ClN2O4/c1-10(15(21)16(22)18-8-11-6-7-11)19(9-20)14-12(17)4-3-5-13(14)23-2/h3-5,9-11H,6-8H2,1-2H3,(H,18,22). The molecule has 0 aromatic heterocycles. The first-order valence-electron chi connectivity index (χ1n) is 7.37. The van der Waals surface area contributed by atoms with Crippen LogP contribution in [0.25, 0.3) is 0 Å². The van der Waals surface area contributed by atoms with Crippen LogP contribution in [0.2, 0.25) is 5.02 Å². The summed E-state index contributed by atoms with van der Waals surface area (Å²) in [6.45, 7) is 1.98. The molecule has 6 nitrogen and oxygen atoms in total. The topological polar surface area (TPSA) is 75.7 Å². The summed E-state index contributed by atoms with van der Waals surface area (Å²) in [5.41, 5.74) is 0.266. The molecule has 2 amide bonds. The number of methoxy groups -OCH3 is 1. The van der Waals surface area contributed by atoms with Crippen LogP contribution < -0.4 is 15.0 Å². The van der Waals surface area contributed by atoms with Crippen LogP contribution in [-0.4, -0.2) is 37.8 Å². The number of rotatable bonds is 8. The maximum absolute atomic E-state index is 12.3. The molecule has 23 heavy (non-hydrogen) atoms. The molecule has 7 heteroatoms. The maximum Gasteiger partial charge on any atom is 0.289 e. The van der Waals surface area contributed by atoms with E-state index in [0.717, 1.165) is 17.7 Å². The summed E-state index contributed by atoms with van der Waals surface area (Å²) in [5.74, 6) is -0.572. The van der Waals surface area contributed by atoms with Gasteiger partial charge in [0.05, 0.1) is 12.1 Å². The fourth-order valence-electron chi connectivity index (χ4n) is 2.21. The molecular formula is C16H19ClN2O4. The van der Waals surface area contributed by atoms with Gasteiger partial charge in [0, 0.05) is 6.54 Å². The predicted molar refractivity (Wildman–Crippen MR) is 86.7 cm³/mol. The lowest BCUT2D eigenvalue weighted by Crippen LogP contribution is -2.46. The first-order chi connectivity index (χ1) is 11.0. The molecule has 1 N–H and O–H groups in total. The number of ether oxygens (including phenoxy) is 1. The number of amides is 2. The van der Waals surface area contributed by atoms with Crippen molar-refractivity contribution in [2.24, 2.45) is 5.92 Å². The molecule has 1 saturated carbocycles. The number of Topliss-reactive ketones (excluding diaryl/α,β-unsaturated/α-hetero) is 1. The van der Waals surface area contributed by atoms with E-state index in [0.29, 0.717) is 24.6 Å². The van der Waals surface area contributed by atoms with Gasteiger partial charge in [0.2, 0.25) is 12.2 Å². The van der Waals surface area contributed by atoms with Crippen molar-refractivity contribution in [2.45, 2.75) is 25.8 Å². The van der Waals surface area contributed by atoms with Crippen molar-refractivity contribution >= 4 is 35.4 Å². The van der Waals surface area contributed by atoms with Crippen molar-refractivity contribution in [3.63, 3.8) is 0 Å². The number of hydrogen-bond donors (Lipinski definition) is 1. The number of nitrogens with one attached hydrogen (secondary N) is 1. The van der Waals surface area contributed by atoms with Crippen molar-refractivity contribution in [1.29, 1.82) is 0 Å². The Morgan fingerprint density at radius 1 is 1.48 bits per heavy atom. The second-order valence-electron chi connectivity index (χ2n) is 5.50. The second-order valence-corrected chi connectivity index (χ2v) is 5.90. The van der Waals surface area contributed by atoms with E-state index in [9.17, 15) is 14.4 Å².